The number of carbonyl (C=O) groups is 1. The molecule has 0 unspecified atom stereocenters. The van der Waals surface area contributed by atoms with Crippen LogP contribution >= 0.6 is 0 Å². The van der Waals surface area contributed by atoms with E-state index < -0.39 is 9.84 Å². The maximum Gasteiger partial charge on any atom is 0.254 e. The number of benzene rings is 1. The summed E-state index contributed by atoms with van der Waals surface area (Å²) in [7, 11) is -2.92. The average molecular weight is 347 g/mol. The summed E-state index contributed by atoms with van der Waals surface area (Å²) in [6.45, 7) is 4.24. The predicted molar refractivity (Wildman–Crippen MR) is 92.1 cm³/mol. The van der Waals surface area contributed by atoms with Gasteiger partial charge in [-0.25, -0.2) is 13.1 Å². The third kappa shape index (κ3) is 3.51. The van der Waals surface area contributed by atoms with Crippen LogP contribution in [-0.4, -0.2) is 42.2 Å². The number of hydrogen-bond acceptors (Lipinski definition) is 4. The van der Waals surface area contributed by atoms with E-state index in [9.17, 15) is 13.2 Å². The zero-order valence-corrected chi connectivity index (χ0v) is 14.6. The quantitative estimate of drug-likeness (QED) is 0.912. The first kappa shape index (κ1) is 16.7. The van der Waals surface area contributed by atoms with Crippen molar-refractivity contribution in [2.24, 2.45) is 5.92 Å². The lowest BCUT2D eigenvalue weighted by Gasteiger charge is -2.10. The minimum Gasteiger partial charge on any atom is -0.352 e. The Kier molecular flexibility index (Phi) is 4.45. The molecule has 2 aromatic rings. The zero-order valence-electron chi connectivity index (χ0n) is 13.8. The number of carbonyl (C=O) groups excluding carboxylic acids is 1. The van der Waals surface area contributed by atoms with Crippen LogP contribution in [0.1, 0.15) is 28.0 Å². The van der Waals surface area contributed by atoms with Crippen LogP contribution in [0.5, 0.6) is 0 Å². The van der Waals surface area contributed by atoms with Gasteiger partial charge < -0.3 is 5.32 Å². The third-order valence-electron chi connectivity index (χ3n) is 4.38. The Morgan fingerprint density at radius 2 is 2.17 bits per heavy atom. The van der Waals surface area contributed by atoms with Crippen LogP contribution in [0, 0.1) is 19.8 Å². The van der Waals surface area contributed by atoms with Crippen LogP contribution < -0.4 is 5.32 Å². The number of hydrogen-bond donors (Lipinski definition) is 1. The fraction of sp³-hybridized carbons (Fsp3) is 0.412. The Balaban J connectivity index is 1.70. The highest BCUT2D eigenvalue weighted by Gasteiger charge is 2.28. The van der Waals surface area contributed by atoms with E-state index >= 15 is 0 Å². The molecular formula is C17H21N3O3S. The maximum absolute atomic E-state index is 12.4. The molecule has 1 atom stereocenters. The lowest BCUT2D eigenvalue weighted by atomic mass is 10.1. The fourth-order valence-corrected chi connectivity index (χ4v) is 4.88. The van der Waals surface area contributed by atoms with E-state index in [1.807, 2.05) is 38.1 Å². The highest BCUT2D eigenvalue weighted by atomic mass is 32.2. The van der Waals surface area contributed by atoms with E-state index in [-0.39, 0.29) is 23.3 Å². The molecule has 1 N–H and O–H groups in total. The van der Waals surface area contributed by atoms with Crippen LogP contribution in [0.15, 0.2) is 30.5 Å². The maximum atomic E-state index is 12.4. The fourth-order valence-electron chi connectivity index (χ4n) is 3.02. The van der Waals surface area contributed by atoms with E-state index in [4.69, 9.17) is 0 Å². The molecule has 1 aliphatic heterocycles. The summed E-state index contributed by atoms with van der Waals surface area (Å²) in [5.74, 6) is 0.175. The van der Waals surface area contributed by atoms with Gasteiger partial charge in [0, 0.05) is 6.54 Å². The van der Waals surface area contributed by atoms with Crippen LogP contribution in [-0.2, 0) is 9.84 Å². The van der Waals surface area contributed by atoms with Crippen molar-refractivity contribution >= 4 is 15.7 Å². The number of sulfone groups is 1. The summed E-state index contributed by atoms with van der Waals surface area (Å²) < 4.78 is 24.7. The summed E-state index contributed by atoms with van der Waals surface area (Å²) >= 11 is 0. The monoisotopic (exact) mass is 347 g/mol. The van der Waals surface area contributed by atoms with Crippen molar-refractivity contribution in [1.29, 1.82) is 0 Å². The van der Waals surface area contributed by atoms with E-state index in [0.717, 1.165) is 16.9 Å². The van der Waals surface area contributed by atoms with Crippen molar-refractivity contribution < 1.29 is 13.2 Å². The Bertz CT molecular complexity index is 871. The lowest BCUT2D eigenvalue weighted by Crippen LogP contribution is -2.30. The standard InChI is InChI=1S/C17H21N3O3S/c1-12-4-3-5-15(8-12)20-13(2)16(10-19-20)17(21)18-9-14-6-7-24(22,23)11-14/h3-5,8,10,14H,6-7,9,11H2,1-2H3,(H,18,21)/t14-/m1/s1. The van der Waals surface area contributed by atoms with Crippen molar-refractivity contribution in [3.8, 4) is 5.69 Å². The number of amides is 1. The van der Waals surface area contributed by atoms with Gasteiger partial charge in [0.2, 0.25) is 0 Å². The van der Waals surface area contributed by atoms with Crippen LogP contribution in [0.25, 0.3) is 5.69 Å². The molecule has 1 amide bonds. The number of rotatable bonds is 4. The van der Waals surface area contributed by atoms with Gasteiger partial charge in [-0.1, -0.05) is 12.1 Å². The van der Waals surface area contributed by atoms with Crippen LogP contribution in [0.3, 0.4) is 0 Å². The van der Waals surface area contributed by atoms with E-state index in [2.05, 4.69) is 10.4 Å². The summed E-state index contributed by atoms with van der Waals surface area (Å²) in [6, 6.07) is 7.90. The SMILES string of the molecule is Cc1cccc(-n2ncc(C(=O)NC[C@H]3CCS(=O)(=O)C3)c2C)c1. The van der Waals surface area contributed by atoms with Gasteiger partial charge in [0.05, 0.1) is 34.6 Å². The summed E-state index contributed by atoms with van der Waals surface area (Å²) in [4.78, 5) is 12.4. The van der Waals surface area contributed by atoms with Crippen molar-refractivity contribution in [3.05, 3.63) is 47.3 Å². The largest absolute Gasteiger partial charge is 0.352 e. The highest BCUT2D eigenvalue weighted by Crippen LogP contribution is 2.18. The lowest BCUT2D eigenvalue weighted by molar-refractivity contribution is 0.0948. The average Bonchev–Trinajstić information content (AvgIpc) is 3.07. The summed E-state index contributed by atoms with van der Waals surface area (Å²) in [5.41, 5.74) is 3.30. The third-order valence-corrected chi connectivity index (χ3v) is 6.22. The van der Waals surface area contributed by atoms with Crippen molar-refractivity contribution in [1.82, 2.24) is 15.1 Å². The smallest absolute Gasteiger partial charge is 0.254 e. The first-order valence-corrected chi connectivity index (χ1v) is 9.78. The number of nitrogens with zero attached hydrogens (tertiary/aromatic N) is 2. The molecule has 128 valence electrons. The second-order valence-corrected chi connectivity index (χ2v) is 8.60. The number of aryl methyl sites for hydroxylation is 1. The molecule has 1 aromatic heterocycles. The summed E-state index contributed by atoms with van der Waals surface area (Å²) in [5, 5.41) is 7.15. The van der Waals surface area contributed by atoms with Crippen molar-refractivity contribution in [3.63, 3.8) is 0 Å². The molecule has 0 aliphatic carbocycles. The Morgan fingerprint density at radius 1 is 1.38 bits per heavy atom. The first-order valence-electron chi connectivity index (χ1n) is 7.96. The predicted octanol–water partition coefficient (Wildman–Crippen LogP) is 1.65. The zero-order chi connectivity index (χ0) is 17.3. The van der Waals surface area contributed by atoms with Gasteiger partial charge in [-0.15, -0.1) is 0 Å². The first-order chi connectivity index (χ1) is 11.4. The second-order valence-electron chi connectivity index (χ2n) is 6.37. The van der Waals surface area contributed by atoms with Gasteiger partial charge in [0.25, 0.3) is 5.91 Å². The molecule has 0 spiro atoms. The molecule has 2 heterocycles. The minimum absolute atomic E-state index is 0.00562. The Labute approximate surface area is 141 Å². The van der Waals surface area contributed by atoms with E-state index in [1.165, 1.54) is 0 Å². The molecule has 24 heavy (non-hydrogen) atoms. The molecule has 1 saturated heterocycles. The molecular weight excluding hydrogens is 326 g/mol. The molecule has 1 fully saturated rings. The van der Waals surface area contributed by atoms with Gasteiger partial charge in [-0.05, 0) is 43.9 Å². The number of aromatic nitrogens is 2. The van der Waals surface area contributed by atoms with Gasteiger partial charge >= 0.3 is 0 Å². The molecule has 1 aliphatic rings. The normalized spacial score (nSPS) is 19.3. The van der Waals surface area contributed by atoms with E-state index in [1.54, 1.807) is 10.9 Å². The van der Waals surface area contributed by atoms with Gasteiger partial charge in [0.1, 0.15) is 0 Å². The van der Waals surface area contributed by atoms with Crippen LogP contribution in [0.4, 0.5) is 0 Å². The minimum atomic E-state index is -2.92. The highest BCUT2D eigenvalue weighted by molar-refractivity contribution is 7.91. The van der Waals surface area contributed by atoms with E-state index in [0.29, 0.717) is 18.5 Å². The Hall–Kier alpha value is -2.15. The topological polar surface area (TPSA) is 81.1 Å². The molecule has 6 nitrogen and oxygen atoms in total. The van der Waals surface area contributed by atoms with Crippen molar-refractivity contribution in [2.45, 2.75) is 20.3 Å². The Morgan fingerprint density at radius 3 is 2.83 bits per heavy atom. The van der Waals surface area contributed by atoms with Crippen molar-refractivity contribution in [2.75, 3.05) is 18.1 Å². The van der Waals surface area contributed by atoms with Gasteiger partial charge in [-0.2, -0.15) is 5.10 Å². The molecule has 0 saturated carbocycles. The second kappa shape index (κ2) is 6.39. The van der Waals surface area contributed by atoms with Crippen LogP contribution in [0.2, 0.25) is 0 Å². The van der Waals surface area contributed by atoms with Gasteiger partial charge in [-0.3, -0.25) is 4.79 Å². The molecule has 0 bridgehead atoms. The van der Waals surface area contributed by atoms with Gasteiger partial charge in [0.15, 0.2) is 9.84 Å². The number of nitrogens with one attached hydrogen (secondary N) is 1. The molecule has 1 aromatic carbocycles. The summed E-state index contributed by atoms with van der Waals surface area (Å²) in [6.07, 6.45) is 2.17. The molecule has 0 radical (unpaired) electrons. The molecule has 7 heteroatoms. The molecule has 3 rings (SSSR count).